The van der Waals surface area contributed by atoms with E-state index in [0.717, 1.165) is 30.3 Å². The molecule has 3 rings (SSSR count). The van der Waals surface area contributed by atoms with Crippen molar-refractivity contribution >= 4 is 10.9 Å². The molecule has 1 aliphatic rings. The summed E-state index contributed by atoms with van der Waals surface area (Å²) in [4.78, 5) is 4.47. The molecule has 2 heteroatoms. The van der Waals surface area contributed by atoms with Gasteiger partial charge in [0.2, 0.25) is 0 Å². The summed E-state index contributed by atoms with van der Waals surface area (Å²) in [6.45, 7) is 5.73. The first-order chi connectivity index (χ1) is 9.79. The van der Waals surface area contributed by atoms with Gasteiger partial charge in [-0.15, -0.1) is 0 Å². The van der Waals surface area contributed by atoms with Crippen LogP contribution in [0, 0.1) is 11.8 Å². The van der Waals surface area contributed by atoms with E-state index >= 15 is 0 Å². The maximum absolute atomic E-state index is 4.47. The number of rotatable bonds is 6. The highest BCUT2D eigenvalue weighted by Gasteiger charge is 2.39. The molecule has 0 bridgehead atoms. The molecule has 2 nitrogen and oxygen atoms in total. The zero-order valence-electron chi connectivity index (χ0n) is 12.5. The van der Waals surface area contributed by atoms with Crippen LogP contribution in [0.3, 0.4) is 0 Å². The number of pyridine rings is 1. The van der Waals surface area contributed by atoms with Gasteiger partial charge in [0.25, 0.3) is 0 Å². The molecule has 3 unspecified atom stereocenters. The Balaban J connectivity index is 1.82. The average molecular weight is 268 g/mol. The Labute approximate surface area is 121 Å². The zero-order valence-corrected chi connectivity index (χ0v) is 12.5. The van der Waals surface area contributed by atoms with E-state index in [1.807, 2.05) is 6.20 Å². The molecule has 0 spiro atoms. The molecule has 0 saturated heterocycles. The largest absolute Gasteiger partial charge is 0.313 e. The fourth-order valence-electron chi connectivity index (χ4n) is 3.19. The lowest BCUT2D eigenvalue weighted by Gasteiger charge is -2.19. The van der Waals surface area contributed by atoms with Crippen molar-refractivity contribution in [2.24, 2.45) is 11.8 Å². The molecule has 0 radical (unpaired) electrons. The highest BCUT2D eigenvalue weighted by atomic mass is 14.9. The van der Waals surface area contributed by atoms with Gasteiger partial charge in [-0.1, -0.05) is 32.0 Å². The van der Waals surface area contributed by atoms with Gasteiger partial charge in [-0.05, 0) is 55.3 Å². The first kappa shape index (κ1) is 13.6. The maximum atomic E-state index is 4.47. The van der Waals surface area contributed by atoms with E-state index in [0.29, 0.717) is 6.04 Å². The Morgan fingerprint density at radius 3 is 2.85 bits per heavy atom. The molecule has 106 valence electrons. The van der Waals surface area contributed by atoms with Crippen molar-refractivity contribution in [3.63, 3.8) is 0 Å². The third-order valence-corrected chi connectivity index (χ3v) is 4.52. The summed E-state index contributed by atoms with van der Waals surface area (Å²) in [6, 6.07) is 11.3. The van der Waals surface area contributed by atoms with Gasteiger partial charge in [0.15, 0.2) is 0 Å². The summed E-state index contributed by atoms with van der Waals surface area (Å²) in [5.74, 6) is 1.74. The fraction of sp³-hybridized carbons (Fsp3) is 0.500. The first-order valence-corrected chi connectivity index (χ1v) is 7.85. The molecule has 1 aromatic heterocycles. The van der Waals surface area contributed by atoms with Gasteiger partial charge in [-0.3, -0.25) is 4.98 Å². The second kappa shape index (κ2) is 5.92. The van der Waals surface area contributed by atoms with E-state index in [1.54, 1.807) is 0 Å². The Bertz CT molecular complexity index is 573. The van der Waals surface area contributed by atoms with Gasteiger partial charge in [0.1, 0.15) is 0 Å². The topological polar surface area (TPSA) is 24.9 Å². The molecule has 0 amide bonds. The number of benzene rings is 1. The van der Waals surface area contributed by atoms with Crippen LogP contribution in [0.4, 0.5) is 0 Å². The lowest BCUT2D eigenvalue weighted by Crippen LogP contribution is -2.34. The first-order valence-electron chi connectivity index (χ1n) is 7.85. The predicted molar refractivity (Wildman–Crippen MR) is 84.8 cm³/mol. The molecule has 20 heavy (non-hydrogen) atoms. The normalized spacial score (nSPS) is 22.9. The zero-order chi connectivity index (χ0) is 13.9. The van der Waals surface area contributed by atoms with Gasteiger partial charge >= 0.3 is 0 Å². The summed E-state index contributed by atoms with van der Waals surface area (Å²) in [6.07, 6.45) is 5.65. The summed E-state index contributed by atoms with van der Waals surface area (Å²) in [5.41, 5.74) is 2.55. The minimum absolute atomic E-state index is 0.621. The Hall–Kier alpha value is -1.41. The van der Waals surface area contributed by atoms with Gasteiger partial charge < -0.3 is 5.32 Å². The van der Waals surface area contributed by atoms with Crippen LogP contribution < -0.4 is 5.32 Å². The van der Waals surface area contributed by atoms with Crippen molar-refractivity contribution < 1.29 is 0 Å². The molecule has 3 atom stereocenters. The fourth-order valence-corrected chi connectivity index (χ4v) is 3.19. The Kier molecular flexibility index (Phi) is 4.02. The van der Waals surface area contributed by atoms with E-state index < -0.39 is 0 Å². The summed E-state index contributed by atoms with van der Waals surface area (Å²) in [5, 5.41) is 5.07. The highest BCUT2D eigenvalue weighted by molar-refractivity contribution is 5.81. The molecule has 1 saturated carbocycles. The van der Waals surface area contributed by atoms with Gasteiger partial charge in [-0.25, -0.2) is 0 Å². The van der Waals surface area contributed by atoms with E-state index in [9.17, 15) is 0 Å². The van der Waals surface area contributed by atoms with Crippen molar-refractivity contribution in [2.45, 2.75) is 39.2 Å². The van der Waals surface area contributed by atoms with E-state index in [2.05, 4.69) is 54.5 Å². The third-order valence-electron chi connectivity index (χ3n) is 4.52. The smallest absolute Gasteiger partial charge is 0.0704 e. The van der Waals surface area contributed by atoms with E-state index in [4.69, 9.17) is 0 Å². The molecule has 1 N–H and O–H groups in total. The second-order valence-corrected chi connectivity index (χ2v) is 6.13. The van der Waals surface area contributed by atoms with Crippen LogP contribution in [0.25, 0.3) is 10.9 Å². The molecule has 0 aliphatic heterocycles. The van der Waals surface area contributed by atoms with Crippen LogP contribution in [0.15, 0.2) is 36.5 Å². The molecule has 1 fully saturated rings. The minimum Gasteiger partial charge on any atom is -0.313 e. The van der Waals surface area contributed by atoms with E-state index in [-0.39, 0.29) is 0 Å². The number of nitrogens with one attached hydrogen (secondary N) is 1. The van der Waals surface area contributed by atoms with Crippen LogP contribution in [-0.2, 0) is 6.42 Å². The summed E-state index contributed by atoms with van der Waals surface area (Å²) in [7, 11) is 0. The lowest BCUT2D eigenvalue weighted by atomic mass is 9.98. The average Bonchev–Trinajstić information content (AvgIpc) is 3.20. The van der Waals surface area contributed by atoms with Gasteiger partial charge in [-0.2, -0.15) is 0 Å². The monoisotopic (exact) mass is 268 g/mol. The third kappa shape index (κ3) is 2.85. The Morgan fingerprint density at radius 2 is 2.10 bits per heavy atom. The quantitative estimate of drug-likeness (QED) is 0.862. The number of aromatic nitrogens is 1. The van der Waals surface area contributed by atoms with Gasteiger partial charge in [0, 0.05) is 17.6 Å². The second-order valence-electron chi connectivity index (χ2n) is 6.13. The summed E-state index contributed by atoms with van der Waals surface area (Å²) >= 11 is 0. The molecule has 1 heterocycles. The molecule has 2 aromatic rings. The van der Waals surface area contributed by atoms with Crippen molar-refractivity contribution in [1.29, 1.82) is 0 Å². The summed E-state index contributed by atoms with van der Waals surface area (Å²) < 4.78 is 0. The number of hydrogen-bond donors (Lipinski definition) is 1. The molecule has 1 aromatic carbocycles. The van der Waals surface area contributed by atoms with Crippen LogP contribution >= 0.6 is 0 Å². The molecule has 1 aliphatic carbocycles. The lowest BCUT2D eigenvalue weighted by molar-refractivity contribution is 0.444. The van der Waals surface area contributed by atoms with Crippen molar-refractivity contribution in [3.8, 4) is 0 Å². The molecular weight excluding hydrogens is 244 g/mol. The maximum Gasteiger partial charge on any atom is 0.0704 e. The van der Waals surface area contributed by atoms with Crippen LogP contribution in [0.1, 0.15) is 32.3 Å². The number of hydrogen-bond acceptors (Lipinski definition) is 2. The van der Waals surface area contributed by atoms with Crippen LogP contribution in [0.2, 0.25) is 0 Å². The SMILES string of the molecule is CCCNC(Cc1ccnc2ccccc12)C1CC1C. The van der Waals surface area contributed by atoms with Gasteiger partial charge in [0.05, 0.1) is 5.52 Å². The number of nitrogens with zero attached hydrogens (tertiary/aromatic N) is 1. The van der Waals surface area contributed by atoms with Crippen molar-refractivity contribution in [2.75, 3.05) is 6.54 Å². The van der Waals surface area contributed by atoms with Crippen molar-refractivity contribution in [3.05, 3.63) is 42.1 Å². The minimum atomic E-state index is 0.621. The van der Waals surface area contributed by atoms with E-state index in [1.165, 1.54) is 23.8 Å². The highest BCUT2D eigenvalue weighted by Crippen LogP contribution is 2.41. The van der Waals surface area contributed by atoms with Crippen LogP contribution in [-0.4, -0.2) is 17.6 Å². The number of para-hydroxylation sites is 1. The van der Waals surface area contributed by atoms with Crippen LogP contribution in [0.5, 0.6) is 0 Å². The number of fused-ring (bicyclic) bond motifs is 1. The molecular formula is C18H24N2. The predicted octanol–water partition coefficient (Wildman–Crippen LogP) is 3.80. The Morgan fingerprint density at radius 1 is 1.30 bits per heavy atom. The van der Waals surface area contributed by atoms with Crippen molar-refractivity contribution in [1.82, 2.24) is 10.3 Å². The standard InChI is InChI=1S/C18H24N2/c1-3-9-19-18(16-11-13(16)2)12-14-8-10-20-17-7-5-4-6-15(14)17/h4-8,10,13,16,18-19H,3,9,11-12H2,1-2H3.